The lowest BCUT2D eigenvalue weighted by Gasteiger charge is -2.32. The third kappa shape index (κ3) is 2.97. The highest BCUT2D eigenvalue weighted by Gasteiger charge is 2.29. The number of para-hydroxylation sites is 2. The molecule has 1 aromatic carbocycles. The minimum absolute atomic E-state index is 0.164. The van der Waals surface area contributed by atoms with E-state index in [1.54, 1.807) is 0 Å². The van der Waals surface area contributed by atoms with Gasteiger partial charge in [-0.25, -0.2) is 4.98 Å². The molecule has 0 unspecified atom stereocenters. The van der Waals surface area contributed by atoms with Crippen LogP contribution in [0.15, 0.2) is 24.3 Å². The fraction of sp³-hybridized carbons (Fsp3) is 0.500. The molecule has 1 saturated heterocycles. The van der Waals surface area contributed by atoms with Crippen molar-refractivity contribution in [2.75, 3.05) is 19.6 Å². The van der Waals surface area contributed by atoms with Gasteiger partial charge in [0, 0.05) is 32.1 Å². The van der Waals surface area contributed by atoms with Crippen LogP contribution in [-0.2, 0) is 24.4 Å². The summed E-state index contributed by atoms with van der Waals surface area (Å²) in [6.07, 6.45) is 1.89. The number of nitrogens with one attached hydrogen (secondary N) is 1. The van der Waals surface area contributed by atoms with Crippen LogP contribution in [0, 0.1) is 6.92 Å². The van der Waals surface area contributed by atoms with Crippen molar-refractivity contribution in [3.63, 3.8) is 0 Å². The van der Waals surface area contributed by atoms with Gasteiger partial charge in [-0.05, 0) is 31.9 Å². The fourth-order valence-corrected chi connectivity index (χ4v) is 4.43. The number of hydrogen-bond donors (Lipinski definition) is 1. The molecule has 1 fully saturated rings. The first-order valence-corrected chi connectivity index (χ1v) is 10.0. The van der Waals surface area contributed by atoms with Crippen molar-refractivity contribution >= 4 is 16.9 Å². The number of benzene rings is 1. The van der Waals surface area contributed by atoms with E-state index in [-0.39, 0.29) is 5.91 Å². The number of rotatable bonds is 3. The van der Waals surface area contributed by atoms with Crippen LogP contribution in [-0.4, -0.2) is 54.8 Å². The maximum Gasteiger partial charge on any atom is 0.242 e. The molecule has 2 aromatic heterocycles. The van der Waals surface area contributed by atoms with Gasteiger partial charge >= 0.3 is 0 Å². The highest BCUT2D eigenvalue weighted by molar-refractivity contribution is 5.81. The second-order valence-electron chi connectivity index (χ2n) is 7.69. The van der Waals surface area contributed by atoms with Crippen LogP contribution in [0.3, 0.4) is 0 Å². The maximum atomic E-state index is 12.9. The summed E-state index contributed by atoms with van der Waals surface area (Å²) >= 11 is 0. The Morgan fingerprint density at radius 2 is 2.00 bits per heavy atom. The molecule has 0 aliphatic carbocycles. The van der Waals surface area contributed by atoms with E-state index in [0.717, 1.165) is 74.1 Å². The zero-order chi connectivity index (χ0) is 19.1. The molecule has 0 atom stereocenters. The maximum absolute atomic E-state index is 12.9. The minimum Gasteiger partial charge on any atom is -0.341 e. The van der Waals surface area contributed by atoms with Gasteiger partial charge in [0.25, 0.3) is 0 Å². The van der Waals surface area contributed by atoms with E-state index in [0.29, 0.717) is 12.5 Å². The number of aryl methyl sites for hydroxylation is 1. The summed E-state index contributed by atoms with van der Waals surface area (Å²) < 4.78 is 4.28. The first-order valence-electron chi connectivity index (χ1n) is 10.0. The van der Waals surface area contributed by atoms with Crippen LogP contribution in [0.5, 0.6) is 0 Å². The van der Waals surface area contributed by atoms with Crippen LogP contribution in [0.1, 0.15) is 36.2 Å². The van der Waals surface area contributed by atoms with Crippen molar-refractivity contribution in [1.29, 1.82) is 0 Å². The summed E-state index contributed by atoms with van der Waals surface area (Å²) in [5.74, 6) is 3.56. The molecular formula is C20H25N7O. The number of carbonyl (C=O) groups excluding carboxylic acids is 1. The summed E-state index contributed by atoms with van der Waals surface area (Å²) in [7, 11) is 0. The highest BCUT2D eigenvalue weighted by atomic mass is 16.2. The summed E-state index contributed by atoms with van der Waals surface area (Å²) in [5.41, 5.74) is 1.96. The van der Waals surface area contributed by atoms with E-state index in [1.807, 2.05) is 40.7 Å². The third-order valence-electron chi connectivity index (χ3n) is 6.00. The number of aromatic nitrogens is 5. The van der Waals surface area contributed by atoms with Crippen LogP contribution < -0.4 is 5.32 Å². The van der Waals surface area contributed by atoms with Gasteiger partial charge in [-0.2, -0.15) is 0 Å². The van der Waals surface area contributed by atoms with Crippen LogP contribution in [0.2, 0.25) is 0 Å². The molecular weight excluding hydrogens is 354 g/mol. The molecule has 146 valence electrons. The molecule has 3 aromatic rings. The molecule has 0 saturated carbocycles. The Balaban J connectivity index is 1.26. The summed E-state index contributed by atoms with van der Waals surface area (Å²) in [5, 5.41) is 12.1. The van der Waals surface area contributed by atoms with Gasteiger partial charge in [-0.15, -0.1) is 10.2 Å². The standard InChI is InChI=1S/C20H25N7O/c1-14-22-16-4-2-3-5-17(16)27(14)13-19(28)25-9-6-15(7-10-25)20-24-23-18-12-21-8-11-26(18)20/h2-5,15,21H,6-13H2,1H3. The van der Waals surface area contributed by atoms with Crippen molar-refractivity contribution in [3.8, 4) is 0 Å². The average molecular weight is 379 g/mol. The van der Waals surface area contributed by atoms with E-state index in [4.69, 9.17) is 0 Å². The highest BCUT2D eigenvalue weighted by Crippen LogP contribution is 2.28. The molecule has 8 heteroatoms. The predicted molar refractivity (Wildman–Crippen MR) is 105 cm³/mol. The van der Waals surface area contributed by atoms with Gasteiger partial charge in [0.15, 0.2) is 0 Å². The van der Waals surface area contributed by atoms with Gasteiger partial charge in [0.2, 0.25) is 5.91 Å². The Morgan fingerprint density at radius 3 is 2.86 bits per heavy atom. The SMILES string of the molecule is Cc1nc2ccccc2n1CC(=O)N1CCC(c2nnc3n2CCNC3)CC1. The molecule has 4 heterocycles. The normalized spacial score (nSPS) is 17.8. The Morgan fingerprint density at radius 1 is 1.18 bits per heavy atom. The van der Waals surface area contributed by atoms with Crippen molar-refractivity contribution < 1.29 is 4.79 Å². The lowest BCUT2D eigenvalue weighted by molar-refractivity contribution is -0.132. The molecule has 5 rings (SSSR count). The molecule has 1 N–H and O–H groups in total. The lowest BCUT2D eigenvalue weighted by Crippen LogP contribution is -2.40. The second kappa shape index (κ2) is 7.01. The van der Waals surface area contributed by atoms with Gasteiger partial charge in [0.05, 0.1) is 17.6 Å². The van der Waals surface area contributed by atoms with E-state index >= 15 is 0 Å². The topological polar surface area (TPSA) is 80.9 Å². The van der Waals surface area contributed by atoms with Gasteiger partial charge in [-0.3, -0.25) is 4.79 Å². The van der Waals surface area contributed by atoms with Crippen LogP contribution >= 0.6 is 0 Å². The molecule has 2 aliphatic rings. The molecule has 28 heavy (non-hydrogen) atoms. The van der Waals surface area contributed by atoms with E-state index in [1.165, 1.54) is 0 Å². The number of imidazole rings is 1. The second-order valence-corrected chi connectivity index (χ2v) is 7.69. The smallest absolute Gasteiger partial charge is 0.242 e. The van der Waals surface area contributed by atoms with Gasteiger partial charge in [-0.1, -0.05) is 12.1 Å². The predicted octanol–water partition coefficient (Wildman–Crippen LogP) is 1.45. The molecule has 0 radical (unpaired) electrons. The van der Waals surface area contributed by atoms with Gasteiger partial charge in [0.1, 0.15) is 24.0 Å². The number of fused-ring (bicyclic) bond motifs is 2. The minimum atomic E-state index is 0.164. The van der Waals surface area contributed by atoms with E-state index in [9.17, 15) is 4.79 Å². The Labute approximate surface area is 163 Å². The fourth-order valence-electron chi connectivity index (χ4n) is 4.43. The number of piperidine rings is 1. The van der Waals surface area contributed by atoms with Crippen molar-refractivity contribution in [2.45, 2.75) is 45.3 Å². The Hall–Kier alpha value is -2.74. The number of hydrogen-bond acceptors (Lipinski definition) is 5. The van der Waals surface area contributed by atoms with Crippen molar-refractivity contribution in [1.82, 2.24) is 34.5 Å². The Bertz CT molecular complexity index is 1010. The van der Waals surface area contributed by atoms with Crippen LogP contribution in [0.4, 0.5) is 0 Å². The van der Waals surface area contributed by atoms with E-state index in [2.05, 4.69) is 25.1 Å². The number of amides is 1. The Kier molecular flexibility index (Phi) is 4.35. The molecule has 2 aliphatic heterocycles. The first-order chi connectivity index (χ1) is 13.7. The van der Waals surface area contributed by atoms with Crippen molar-refractivity contribution in [3.05, 3.63) is 41.7 Å². The molecule has 8 nitrogen and oxygen atoms in total. The quantitative estimate of drug-likeness (QED) is 0.745. The summed E-state index contributed by atoms with van der Waals surface area (Å²) in [4.78, 5) is 19.5. The van der Waals surface area contributed by atoms with Crippen molar-refractivity contribution in [2.24, 2.45) is 0 Å². The molecule has 0 bridgehead atoms. The zero-order valence-corrected chi connectivity index (χ0v) is 16.1. The van der Waals surface area contributed by atoms with E-state index < -0.39 is 0 Å². The molecule has 0 spiro atoms. The zero-order valence-electron chi connectivity index (χ0n) is 16.1. The number of likely N-dealkylation sites (tertiary alicyclic amines) is 1. The molecule has 1 amide bonds. The first kappa shape index (κ1) is 17.4. The summed E-state index contributed by atoms with van der Waals surface area (Å²) in [6, 6.07) is 7.98. The van der Waals surface area contributed by atoms with Crippen LogP contribution in [0.25, 0.3) is 11.0 Å². The monoisotopic (exact) mass is 379 g/mol. The number of nitrogens with zero attached hydrogens (tertiary/aromatic N) is 6. The lowest BCUT2D eigenvalue weighted by atomic mass is 9.95. The van der Waals surface area contributed by atoms with Gasteiger partial charge < -0.3 is 19.4 Å². The third-order valence-corrected chi connectivity index (χ3v) is 6.00. The average Bonchev–Trinajstić information content (AvgIpc) is 3.29. The summed E-state index contributed by atoms with van der Waals surface area (Å²) in [6.45, 7) is 6.55. The number of carbonyl (C=O) groups is 1. The largest absolute Gasteiger partial charge is 0.341 e.